The number of hydrogen-bond acceptors (Lipinski definition) is 2. The van der Waals surface area contributed by atoms with E-state index in [0.29, 0.717) is 12.8 Å². The molecule has 0 saturated carbocycles. The summed E-state index contributed by atoms with van der Waals surface area (Å²) in [5.74, 6) is -2.40. The maximum absolute atomic E-state index is 13.6. The Morgan fingerprint density at radius 2 is 1.77 bits per heavy atom. The van der Waals surface area contributed by atoms with Gasteiger partial charge in [0.2, 0.25) is 0 Å². The highest BCUT2D eigenvalue weighted by Gasteiger charge is 2.44. The van der Waals surface area contributed by atoms with Crippen LogP contribution in [-0.2, 0) is 6.18 Å². The molecule has 0 spiro atoms. The van der Waals surface area contributed by atoms with E-state index in [1.165, 1.54) is 6.07 Å². The Morgan fingerprint density at radius 3 is 2.32 bits per heavy atom. The molecule has 120 valence electrons. The highest BCUT2D eigenvalue weighted by molar-refractivity contribution is 5.99. The molecule has 0 amide bonds. The molecule has 22 heavy (non-hydrogen) atoms. The fraction of sp³-hybridized carbons (Fsp3) is 0.562. The van der Waals surface area contributed by atoms with Crippen LogP contribution in [0.3, 0.4) is 0 Å². The van der Waals surface area contributed by atoms with Gasteiger partial charge in [0, 0.05) is 23.6 Å². The fourth-order valence-electron chi connectivity index (χ4n) is 3.86. The normalized spacial score (nSPS) is 28.9. The summed E-state index contributed by atoms with van der Waals surface area (Å²) < 4.78 is 52.8. The molecule has 3 rings (SSSR count). The van der Waals surface area contributed by atoms with Crippen LogP contribution in [0.2, 0.25) is 0 Å². The number of piperidine rings is 1. The number of carbonyl (C=O) groups excluding carboxylic acids is 1. The van der Waals surface area contributed by atoms with E-state index in [-0.39, 0.29) is 12.1 Å². The van der Waals surface area contributed by atoms with Gasteiger partial charge in [-0.1, -0.05) is 12.1 Å². The predicted molar refractivity (Wildman–Crippen MR) is 73.0 cm³/mol. The van der Waals surface area contributed by atoms with Gasteiger partial charge in [-0.2, -0.15) is 13.2 Å². The van der Waals surface area contributed by atoms with Gasteiger partial charge >= 0.3 is 6.18 Å². The molecule has 2 bridgehead atoms. The van der Waals surface area contributed by atoms with Crippen molar-refractivity contribution in [2.24, 2.45) is 5.92 Å². The Hall–Kier alpha value is -1.43. The Labute approximate surface area is 126 Å². The van der Waals surface area contributed by atoms with Gasteiger partial charge in [0.05, 0.1) is 0 Å². The number of nitrogens with zero attached hydrogens (tertiary/aromatic N) is 1. The lowest BCUT2D eigenvalue weighted by Gasteiger charge is -2.35. The molecular weight excluding hydrogens is 298 g/mol. The van der Waals surface area contributed by atoms with Crippen LogP contribution >= 0.6 is 0 Å². The standard InChI is InChI=1S/C16H17F4NO/c1-21-10-5-6-11(21)8-9(7-10)15(22)12-3-2-4-13(17)14(12)16(18,19)20/h2-4,9-11H,5-8H2,1H3. The Morgan fingerprint density at radius 1 is 1.18 bits per heavy atom. The SMILES string of the molecule is CN1C2CCC1CC(C(=O)c1cccc(F)c1C(F)(F)F)C2. The Balaban J connectivity index is 1.92. The van der Waals surface area contributed by atoms with Crippen LogP contribution in [0.4, 0.5) is 17.6 Å². The van der Waals surface area contributed by atoms with Gasteiger partial charge in [0.25, 0.3) is 0 Å². The highest BCUT2D eigenvalue weighted by Crippen LogP contribution is 2.41. The summed E-state index contributed by atoms with van der Waals surface area (Å²) in [5.41, 5.74) is -1.95. The lowest BCUT2D eigenvalue weighted by Crippen LogP contribution is -2.42. The highest BCUT2D eigenvalue weighted by atomic mass is 19.4. The maximum atomic E-state index is 13.6. The third-order valence-electron chi connectivity index (χ3n) is 5.03. The van der Waals surface area contributed by atoms with Crippen molar-refractivity contribution >= 4 is 5.78 Å². The molecule has 2 aliphatic rings. The van der Waals surface area contributed by atoms with Crippen molar-refractivity contribution in [3.05, 3.63) is 35.1 Å². The van der Waals surface area contributed by atoms with E-state index in [1.807, 2.05) is 7.05 Å². The van der Waals surface area contributed by atoms with Crippen molar-refractivity contribution in [2.75, 3.05) is 7.05 Å². The summed E-state index contributed by atoms with van der Waals surface area (Å²) >= 11 is 0. The van der Waals surface area contributed by atoms with Gasteiger partial charge in [-0.25, -0.2) is 4.39 Å². The van der Waals surface area contributed by atoms with Crippen LogP contribution < -0.4 is 0 Å². The molecule has 2 unspecified atom stereocenters. The third-order valence-corrected chi connectivity index (χ3v) is 5.03. The number of ketones is 1. The van der Waals surface area contributed by atoms with Crippen molar-refractivity contribution in [3.8, 4) is 0 Å². The van der Waals surface area contributed by atoms with Crippen LogP contribution in [0, 0.1) is 11.7 Å². The van der Waals surface area contributed by atoms with Gasteiger partial charge in [-0.15, -0.1) is 0 Å². The summed E-state index contributed by atoms with van der Waals surface area (Å²) in [6, 6.07) is 3.50. The number of Topliss-reactive ketones (excluding diaryl/α,β-unsaturated/α-hetero) is 1. The molecule has 0 radical (unpaired) electrons. The topological polar surface area (TPSA) is 20.3 Å². The lowest BCUT2D eigenvalue weighted by atomic mass is 9.83. The molecule has 2 atom stereocenters. The third kappa shape index (κ3) is 2.53. The summed E-state index contributed by atoms with van der Waals surface area (Å²) in [5, 5.41) is 0. The molecule has 1 aromatic rings. The Kier molecular flexibility index (Phi) is 3.75. The van der Waals surface area contributed by atoms with Gasteiger partial charge in [0.15, 0.2) is 5.78 Å². The molecule has 0 N–H and O–H groups in total. The van der Waals surface area contributed by atoms with E-state index in [9.17, 15) is 22.4 Å². The van der Waals surface area contributed by atoms with Crippen LogP contribution in [0.1, 0.15) is 41.6 Å². The second kappa shape index (κ2) is 5.33. The molecule has 0 aromatic heterocycles. The first-order valence-electron chi connectivity index (χ1n) is 7.41. The molecule has 2 heterocycles. The largest absolute Gasteiger partial charge is 0.419 e. The second-order valence-corrected chi connectivity index (χ2v) is 6.24. The van der Waals surface area contributed by atoms with E-state index >= 15 is 0 Å². The minimum Gasteiger partial charge on any atom is -0.300 e. The zero-order valence-electron chi connectivity index (χ0n) is 12.2. The Bertz CT molecular complexity index is 584. The zero-order chi connectivity index (χ0) is 16.1. The summed E-state index contributed by atoms with van der Waals surface area (Å²) in [7, 11) is 1.99. The van der Waals surface area contributed by atoms with E-state index in [4.69, 9.17) is 0 Å². The quantitative estimate of drug-likeness (QED) is 0.609. The van der Waals surface area contributed by atoms with Gasteiger partial charge < -0.3 is 4.90 Å². The molecular formula is C16H17F4NO. The zero-order valence-corrected chi connectivity index (χ0v) is 12.2. The van der Waals surface area contributed by atoms with Crippen LogP contribution in [-0.4, -0.2) is 29.8 Å². The summed E-state index contributed by atoms with van der Waals surface area (Å²) in [6.07, 6.45) is -1.81. The van der Waals surface area contributed by atoms with E-state index in [0.717, 1.165) is 25.0 Å². The minimum atomic E-state index is -4.86. The molecule has 2 fully saturated rings. The molecule has 2 saturated heterocycles. The van der Waals surface area contributed by atoms with Crippen LogP contribution in [0.5, 0.6) is 0 Å². The van der Waals surface area contributed by atoms with E-state index in [1.54, 1.807) is 0 Å². The number of carbonyl (C=O) groups is 1. The number of benzene rings is 1. The fourth-order valence-corrected chi connectivity index (χ4v) is 3.86. The minimum absolute atomic E-state index is 0.246. The van der Waals surface area contributed by atoms with E-state index < -0.39 is 34.8 Å². The average molecular weight is 315 g/mol. The number of fused-ring (bicyclic) bond motifs is 2. The first kappa shape index (κ1) is 15.5. The number of alkyl halides is 3. The maximum Gasteiger partial charge on any atom is 0.419 e. The second-order valence-electron chi connectivity index (χ2n) is 6.24. The average Bonchev–Trinajstić information content (AvgIpc) is 2.66. The van der Waals surface area contributed by atoms with Crippen LogP contribution in [0.25, 0.3) is 0 Å². The van der Waals surface area contributed by atoms with Crippen LogP contribution in [0.15, 0.2) is 18.2 Å². The molecule has 2 aliphatic heterocycles. The lowest BCUT2D eigenvalue weighted by molar-refractivity contribution is -0.140. The van der Waals surface area contributed by atoms with Crippen molar-refractivity contribution in [2.45, 2.75) is 43.9 Å². The first-order valence-corrected chi connectivity index (χ1v) is 7.41. The number of hydrogen-bond donors (Lipinski definition) is 0. The van der Waals surface area contributed by atoms with Crippen molar-refractivity contribution in [1.29, 1.82) is 0 Å². The first-order chi connectivity index (χ1) is 10.3. The predicted octanol–water partition coefficient (Wildman–Crippen LogP) is 3.90. The smallest absolute Gasteiger partial charge is 0.300 e. The van der Waals surface area contributed by atoms with Gasteiger partial charge in [0.1, 0.15) is 11.4 Å². The number of halogens is 4. The van der Waals surface area contributed by atoms with Gasteiger partial charge in [-0.05, 0) is 38.8 Å². The van der Waals surface area contributed by atoms with E-state index in [2.05, 4.69) is 4.90 Å². The molecule has 0 aliphatic carbocycles. The monoisotopic (exact) mass is 315 g/mol. The molecule has 1 aromatic carbocycles. The van der Waals surface area contributed by atoms with Crippen molar-refractivity contribution in [1.82, 2.24) is 4.90 Å². The summed E-state index contributed by atoms with van der Waals surface area (Å²) in [6.45, 7) is 0. The van der Waals surface area contributed by atoms with Crippen molar-refractivity contribution in [3.63, 3.8) is 0 Å². The summed E-state index contributed by atoms with van der Waals surface area (Å²) in [4.78, 5) is 14.8. The van der Waals surface area contributed by atoms with Crippen molar-refractivity contribution < 1.29 is 22.4 Å². The van der Waals surface area contributed by atoms with Gasteiger partial charge in [-0.3, -0.25) is 4.79 Å². The number of rotatable bonds is 2. The molecule has 6 heteroatoms. The molecule has 2 nitrogen and oxygen atoms in total.